The highest BCUT2D eigenvalue weighted by Crippen LogP contribution is 2.30. The van der Waals surface area contributed by atoms with Crippen LogP contribution in [0.15, 0.2) is 18.2 Å². The van der Waals surface area contributed by atoms with Gasteiger partial charge in [-0.2, -0.15) is 0 Å². The van der Waals surface area contributed by atoms with Gasteiger partial charge in [0.15, 0.2) is 11.5 Å². The summed E-state index contributed by atoms with van der Waals surface area (Å²) in [5, 5.41) is 3.13. The minimum atomic E-state index is -0.0495. The summed E-state index contributed by atoms with van der Waals surface area (Å²) in [5.41, 5.74) is 1.02. The number of benzene rings is 1. The number of rotatable bonds is 6. The second-order valence-corrected chi connectivity index (χ2v) is 6.05. The van der Waals surface area contributed by atoms with E-state index in [9.17, 15) is 4.79 Å². The molecule has 1 aliphatic heterocycles. The Morgan fingerprint density at radius 2 is 1.91 bits per heavy atom. The molecular weight excluding hydrogens is 292 g/mol. The second kappa shape index (κ2) is 8.20. The normalized spacial score (nSPS) is 17.6. The van der Waals surface area contributed by atoms with Gasteiger partial charge < -0.3 is 19.7 Å². The zero-order valence-corrected chi connectivity index (χ0v) is 14.6. The van der Waals surface area contributed by atoms with E-state index in [1.54, 1.807) is 14.2 Å². The van der Waals surface area contributed by atoms with Crippen LogP contribution in [0.5, 0.6) is 11.5 Å². The molecule has 1 saturated heterocycles. The summed E-state index contributed by atoms with van der Waals surface area (Å²) in [5.74, 6) is 1.66. The fraction of sp³-hybridized carbons (Fsp3) is 0.611. The molecule has 1 atom stereocenters. The highest BCUT2D eigenvalue weighted by Gasteiger charge is 2.25. The van der Waals surface area contributed by atoms with Crippen molar-refractivity contribution >= 4 is 5.91 Å². The molecule has 5 nitrogen and oxygen atoms in total. The summed E-state index contributed by atoms with van der Waals surface area (Å²) < 4.78 is 10.6. The van der Waals surface area contributed by atoms with Crippen molar-refractivity contribution in [2.24, 2.45) is 5.92 Å². The van der Waals surface area contributed by atoms with Crippen molar-refractivity contribution in [2.45, 2.75) is 32.7 Å². The maximum atomic E-state index is 12.5. The van der Waals surface area contributed by atoms with E-state index in [-0.39, 0.29) is 17.9 Å². The van der Waals surface area contributed by atoms with Gasteiger partial charge in [-0.3, -0.25) is 4.79 Å². The Morgan fingerprint density at radius 3 is 2.48 bits per heavy atom. The molecule has 1 aromatic carbocycles. The number of piperidine rings is 1. The average molecular weight is 320 g/mol. The van der Waals surface area contributed by atoms with Crippen LogP contribution in [0.1, 0.15) is 38.3 Å². The number of hydrogen-bond acceptors (Lipinski definition) is 4. The molecule has 0 saturated carbocycles. The van der Waals surface area contributed by atoms with Gasteiger partial charge >= 0.3 is 0 Å². The van der Waals surface area contributed by atoms with Crippen molar-refractivity contribution in [1.29, 1.82) is 0 Å². The number of methoxy groups -OCH3 is 2. The Hall–Kier alpha value is -1.75. The second-order valence-electron chi connectivity index (χ2n) is 6.05. The van der Waals surface area contributed by atoms with Crippen molar-refractivity contribution < 1.29 is 14.3 Å². The number of nitrogens with zero attached hydrogens (tertiary/aromatic N) is 1. The number of hydrogen-bond donors (Lipinski definition) is 1. The maximum Gasteiger partial charge on any atom is 0.223 e. The summed E-state index contributed by atoms with van der Waals surface area (Å²) in [6.45, 7) is 7.26. The van der Waals surface area contributed by atoms with Crippen molar-refractivity contribution in [3.63, 3.8) is 0 Å². The predicted octanol–water partition coefficient (Wildman–Crippen LogP) is 2.61. The number of carbonyl (C=O) groups excluding carboxylic acids is 1. The molecule has 1 heterocycles. The van der Waals surface area contributed by atoms with Crippen LogP contribution in [0.2, 0.25) is 0 Å². The first kappa shape index (κ1) is 17.6. The van der Waals surface area contributed by atoms with E-state index < -0.39 is 0 Å². The molecule has 0 spiro atoms. The predicted molar refractivity (Wildman–Crippen MR) is 90.9 cm³/mol. The van der Waals surface area contributed by atoms with Crippen LogP contribution in [0, 0.1) is 5.92 Å². The molecule has 128 valence electrons. The first-order chi connectivity index (χ1) is 11.1. The van der Waals surface area contributed by atoms with E-state index in [2.05, 4.69) is 17.1 Å². The summed E-state index contributed by atoms with van der Waals surface area (Å²) in [7, 11) is 3.23. The van der Waals surface area contributed by atoms with Gasteiger partial charge in [0, 0.05) is 5.92 Å². The van der Waals surface area contributed by atoms with Gasteiger partial charge in [0.2, 0.25) is 5.91 Å². The van der Waals surface area contributed by atoms with Crippen LogP contribution in [0.25, 0.3) is 0 Å². The van der Waals surface area contributed by atoms with Crippen molar-refractivity contribution in [3.8, 4) is 11.5 Å². The molecule has 1 unspecified atom stereocenters. The van der Waals surface area contributed by atoms with E-state index in [0.717, 1.165) is 38.0 Å². The van der Waals surface area contributed by atoms with Gasteiger partial charge in [0.05, 0.1) is 20.3 Å². The third-order valence-electron chi connectivity index (χ3n) is 4.67. The fourth-order valence-corrected chi connectivity index (χ4v) is 3.05. The maximum absolute atomic E-state index is 12.5. The molecule has 1 aromatic rings. The number of likely N-dealkylation sites (tertiary alicyclic amines) is 1. The lowest BCUT2D eigenvalue weighted by atomic mass is 9.95. The first-order valence-electron chi connectivity index (χ1n) is 8.33. The van der Waals surface area contributed by atoms with E-state index in [4.69, 9.17) is 9.47 Å². The molecule has 2 rings (SSSR count). The van der Waals surface area contributed by atoms with Crippen molar-refractivity contribution in [2.75, 3.05) is 33.9 Å². The quantitative estimate of drug-likeness (QED) is 0.875. The lowest BCUT2D eigenvalue weighted by molar-refractivity contribution is -0.127. The summed E-state index contributed by atoms with van der Waals surface area (Å²) in [6, 6.07) is 5.71. The van der Waals surface area contributed by atoms with Crippen LogP contribution in [0.4, 0.5) is 0 Å². The van der Waals surface area contributed by atoms with Gasteiger partial charge in [0.1, 0.15) is 0 Å². The molecular formula is C18H28N2O3. The third-order valence-corrected chi connectivity index (χ3v) is 4.67. The number of carbonyl (C=O) groups is 1. The third kappa shape index (κ3) is 4.38. The monoisotopic (exact) mass is 320 g/mol. The van der Waals surface area contributed by atoms with E-state index in [1.165, 1.54) is 0 Å². The van der Waals surface area contributed by atoms with E-state index in [1.807, 2.05) is 25.1 Å². The topological polar surface area (TPSA) is 50.8 Å². The molecule has 0 radical (unpaired) electrons. The average Bonchev–Trinajstić information content (AvgIpc) is 2.60. The molecule has 23 heavy (non-hydrogen) atoms. The van der Waals surface area contributed by atoms with Crippen LogP contribution < -0.4 is 14.8 Å². The zero-order valence-electron chi connectivity index (χ0n) is 14.6. The number of nitrogens with one attached hydrogen (secondary N) is 1. The largest absolute Gasteiger partial charge is 0.493 e. The molecule has 1 N–H and O–H groups in total. The molecule has 0 aromatic heterocycles. The van der Waals surface area contributed by atoms with Crippen LogP contribution in [-0.2, 0) is 4.79 Å². The Kier molecular flexibility index (Phi) is 6.28. The van der Waals surface area contributed by atoms with Crippen molar-refractivity contribution in [1.82, 2.24) is 10.2 Å². The van der Waals surface area contributed by atoms with Gasteiger partial charge in [0.25, 0.3) is 0 Å². The van der Waals surface area contributed by atoms with Crippen LogP contribution >= 0.6 is 0 Å². The highest BCUT2D eigenvalue weighted by molar-refractivity contribution is 5.79. The van der Waals surface area contributed by atoms with Crippen molar-refractivity contribution in [3.05, 3.63) is 23.8 Å². The zero-order chi connectivity index (χ0) is 16.8. The Morgan fingerprint density at radius 1 is 1.26 bits per heavy atom. The fourth-order valence-electron chi connectivity index (χ4n) is 3.05. The van der Waals surface area contributed by atoms with Crippen LogP contribution in [0.3, 0.4) is 0 Å². The van der Waals surface area contributed by atoms with E-state index in [0.29, 0.717) is 11.5 Å². The Bertz CT molecular complexity index is 525. The minimum Gasteiger partial charge on any atom is -0.493 e. The number of ether oxygens (including phenoxy) is 2. The van der Waals surface area contributed by atoms with Crippen LogP contribution in [-0.4, -0.2) is 44.7 Å². The molecule has 0 aliphatic carbocycles. The van der Waals surface area contributed by atoms with E-state index >= 15 is 0 Å². The molecule has 1 amide bonds. The number of amides is 1. The summed E-state index contributed by atoms with van der Waals surface area (Å²) >= 11 is 0. The summed E-state index contributed by atoms with van der Waals surface area (Å²) in [6.07, 6.45) is 1.89. The highest BCUT2D eigenvalue weighted by atomic mass is 16.5. The van der Waals surface area contributed by atoms with Gasteiger partial charge in [-0.25, -0.2) is 0 Å². The smallest absolute Gasteiger partial charge is 0.223 e. The Labute approximate surface area is 139 Å². The standard InChI is InChI=1S/C18H28N2O3/c1-5-20-10-8-14(9-11-20)18(21)19-13(2)15-6-7-16(22-3)17(12-15)23-4/h6-7,12-14H,5,8-11H2,1-4H3,(H,19,21). The minimum absolute atomic E-state index is 0.0495. The van der Waals surface area contributed by atoms with Gasteiger partial charge in [-0.15, -0.1) is 0 Å². The molecule has 0 bridgehead atoms. The Balaban J connectivity index is 1.96. The summed E-state index contributed by atoms with van der Waals surface area (Å²) in [4.78, 5) is 14.9. The molecule has 1 aliphatic rings. The SMILES string of the molecule is CCN1CCC(C(=O)NC(C)c2ccc(OC)c(OC)c2)CC1. The lowest BCUT2D eigenvalue weighted by Crippen LogP contribution is -2.41. The van der Waals surface area contributed by atoms with Gasteiger partial charge in [-0.05, 0) is 57.1 Å². The first-order valence-corrected chi connectivity index (χ1v) is 8.33. The lowest BCUT2D eigenvalue weighted by Gasteiger charge is -2.31. The molecule has 5 heteroatoms. The van der Waals surface area contributed by atoms with Gasteiger partial charge in [-0.1, -0.05) is 13.0 Å². The molecule has 1 fully saturated rings.